The Hall–Kier alpha value is -2.09. The van der Waals surface area contributed by atoms with Crippen molar-refractivity contribution in [1.29, 1.82) is 0 Å². The number of hydrogen-bond donors (Lipinski definition) is 1. The summed E-state index contributed by atoms with van der Waals surface area (Å²) in [7, 11) is 0. The lowest BCUT2D eigenvalue weighted by Crippen LogP contribution is -2.28. The number of nitrogens with zero attached hydrogens (tertiary/aromatic N) is 3. The van der Waals surface area contributed by atoms with Crippen LogP contribution in [-0.4, -0.2) is 21.1 Å². The second kappa shape index (κ2) is 7.03. The standard InChI is InChI=1S/C16H16ClF3N4O/c17-15-22-9-11(10-4-5-10)13(23-15)21-6-2-8-24-7-1-3-12(14(24)25)16(18,19)20/h1,3,7,9-10H,2,4-6,8H2,(H,21,22,23). The lowest BCUT2D eigenvalue weighted by atomic mass is 10.2. The number of aryl methyl sites for hydroxylation is 1. The van der Waals surface area contributed by atoms with Gasteiger partial charge in [-0.15, -0.1) is 0 Å². The highest BCUT2D eigenvalue weighted by Gasteiger charge is 2.34. The molecule has 3 rings (SSSR count). The smallest absolute Gasteiger partial charge is 0.370 e. The monoisotopic (exact) mass is 372 g/mol. The van der Waals surface area contributed by atoms with Gasteiger partial charge in [-0.05, 0) is 48.9 Å². The molecule has 1 saturated carbocycles. The third-order valence-electron chi connectivity index (χ3n) is 4.00. The zero-order valence-electron chi connectivity index (χ0n) is 13.2. The summed E-state index contributed by atoms with van der Waals surface area (Å²) < 4.78 is 39.3. The zero-order chi connectivity index (χ0) is 18.0. The summed E-state index contributed by atoms with van der Waals surface area (Å²) in [6.07, 6.45) is 1.04. The summed E-state index contributed by atoms with van der Waals surface area (Å²) in [5, 5.41) is 3.28. The van der Waals surface area contributed by atoms with E-state index in [2.05, 4.69) is 15.3 Å². The Morgan fingerprint density at radius 2 is 2.12 bits per heavy atom. The van der Waals surface area contributed by atoms with E-state index >= 15 is 0 Å². The van der Waals surface area contributed by atoms with E-state index in [1.54, 1.807) is 6.20 Å². The van der Waals surface area contributed by atoms with Crippen molar-refractivity contribution in [3.05, 3.63) is 51.3 Å². The van der Waals surface area contributed by atoms with Gasteiger partial charge in [-0.25, -0.2) is 9.97 Å². The van der Waals surface area contributed by atoms with Crippen LogP contribution >= 0.6 is 11.6 Å². The first-order valence-electron chi connectivity index (χ1n) is 7.89. The Morgan fingerprint density at radius 1 is 1.36 bits per heavy atom. The maximum atomic E-state index is 12.7. The van der Waals surface area contributed by atoms with Crippen LogP contribution in [-0.2, 0) is 12.7 Å². The molecule has 9 heteroatoms. The normalized spacial score (nSPS) is 14.6. The molecule has 0 saturated heterocycles. The van der Waals surface area contributed by atoms with Gasteiger partial charge in [0.2, 0.25) is 5.28 Å². The van der Waals surface area contributed by atoms with Crippen LogP contribution in [0.15, 0.2) is 29.3 Å². The van der Waals surface area contributed by atoms with Gasteiger partial charge in [0.15, 0.2) is 0 Å². The average molecular weight is 373 g/mol. The van der Waals surface area contributed by atoms with Crippen LogP contribution < -0.4 is 10.9 Å². The van der Waals surface area contributed by atoms with Gasteiger partial charge in [0.25, 0.3) is 5.56 Å². The first kappa shape index (κ1) is 17.7. The van der Waals surface area contributed by atoms with Crippen LogP contribution in [0.5, 0.6) is 0 Å². The van der Waals surface area contributed by atoms with Crippen molar-refractivity contribution in [3.8, 4) is 0 Å². The minimum atomic E-state index is -4.64. The minimum Gasteiger partial charge on any atom is -0.370 e. The van der Waals surface area contributed by atoms with Crippen molar-refractivity contribution in [1.82, 2.24) is 14.5 Å². The topological polar surface area (TPSA) is 59.8 Å². The van der Waals surface area contributed by atoms with Gasteiger partial charge in [-0.3, -0.25) is 4.79 Å². The number of halogens is 4. The molecule has 0 atom stereocenters. The maximum Gasteiger partial charge on any atom is 0.421 e. The summed E-state index contributed by atoms with van der Waals surface area (Å²) in [4.78, 5) is 20.0. The molecule has 25 heavy (non-hydrogen) atoms. The molecule has 1 fully saturated rings. The minimum absolute atomic E-state index is 0.140. The van der Waals surface area contributed by atoms with E-state index in [4.69, 9.17) is 11.6 Å². The van der Waals surface area contributed by atoms with Gasteiger partial charge in [-0.1, -0.05) is 0 Å². The zero-order valence-corrected chi connectivity index (χ0v) is 13.9. The number of alkyl halides is 3. The van der Waals surface area contributed by atoms with E-state index in [0.29, 0.717) is 24.7 Å². The highest BCUT2D eigenvalue weighted by Crippen LogP contribution is 2.42. The Bertz CT molecular complexity index is 818. The van der Waals surface area contributed by atoms with Crippen molar-refractivity contribution in [2.75, 3.05) is 11.9 Å². The lowest BCUT2D eigenvalue weighted by Gasteiger charge is -2.12. The summed E-state index contributed by atoms with van der Waals surface area (Å²) in [5.41, 5.74) is -1.18. The molecule has 0 unspecified atom stereocenters. The highest BCUT2D eigenvalue weighted by molar-refractivity contribution is 6.28. The largest absolute Gasteiger partial charge is 0.421 e. The van der Waals surface area contributed by atoms with Gasteiger partial charge in [0.1, 0.15) is 11.4 Å². The number of hydrogen-bond acceptors (Lipinski definition) is 4. The fourth-order valence-corrected chi connectivity index (χ4v) is 2.72. The molecule has 0 aliphatic heterocycles. The predicted octanol–water partition coefficient (Wildman–Crippen LogP) is 3.69. The molecular formula is C16H16ClF3N4O. The van der Waals surface area contributed by atoms with E-state index < -0.39 is 17.3 Å². The first-order valence-corrected chi connectivity index (χ1v) is 8.27. The quantitative estimate of drug-likeness (QED) is 0.620. The number of nitrogens with one attached hydrogen (secondary N) is 1. The van der Waals surface area contributed by atoms with E-state index in [1.807, 2.05) is 0 Å². The van der Waals surface area contributed by atoms with E-state index in [9.17, 15) is 18.0 Å². The Labute approximate surface area is 146 Å². The molecule has 5 nitrogen and oxygen atoms in total. The fourth-order valence-electron chi connectivity index (χ4n) is 2.59. The van der Waals surface area contributed by atoms with Crippen molar-refractivity contribution in [3.63, 3.8) is 0 Å². The lowest BCUT2D eigenvalue weighted by molar-refractivity contribution is -0.139. The maximum absolute atomic E-state index is 12.7. The Morgan fingerprint density at radius 3 is 2.80 bits per heavy atom. The SMILES string of the molecule is O=c1c(C(F)(F)F)cccn1CCCNc1nc(Cl)ncc1C1CC1. The summed E-state index contributed by atoms with van der Waals surface area (Å²) in [5.74, 6) is 1.09. The van der Waals surface area contributed by atoms with Gasteiger partial charge in [-0.2, -0.15) is 13.2 Å². The van der Waals surface area contributed by atoms with E-state index in [1.165, 1.54) is 12.3 Å². The third kappa shape index (κ3) is 4.31. The molecule has 0 aromatic carbocycles. The van der Waals surface area contributed by atoms with E-state index in [-0.39, 0.29) is 11.8 Å². The molecule has 1 aliphatic carbocycles. The number of aromatic nitrogens is 3. The third-order valence-corrected chi connectivity index (χ3v) is 4.18. The van der Waals surface area contributed by atoms with Crippen LogP contribution in [0, 0.1) is 0 Å². The molecule has 0 radical (unpaired) electrons. The van der Waals surface area contributed by atoms with Gasteiger partial charge < -0.3 is 9.88 Å². The molecule has 0 amide bonds. The number of rotatable bonds is 6. The highest BCUT2D eigenvalue weighted by atomic mass is 35.5. The average Bonchev–Trinajstić information content (AvgIpc) is 3.36. The summed E-state index contributed by atoms with van der Waals surface area (Å²) in [6, 6.07) is 2.02. The van der Waals surface area contributed by atoms with Crippen molar-refractivity contribution < 1.29 is 13.2 Å². The van der Waals surface area contributed by atoms with E-state index in [0.717, 1.165) is 29.0 Å². The van der Waals surface area contributed by atoms with Crippen LogP contribution in [0.25, 0.3) is 0 Å². The number of anilines is 1. The van der Waals surface area contributed by atoms with Crippen molar-refractivity contribution in [2.24, 2.45) is 0 Å². The van der Waals surface area contributed by atoms with Gasteiger partial charge in [0.05, 0.1) is 0 Å². The first-order chi connectivity index (χ1) is 11.9. The molecule has 134 valence electrons. The Kier molecular flexibility index (Phi) is 4.99. The molecule has 2 aromatic heterocycles. The summed E-state index contributed by atoms with van der Waals surface area (Å²) in [6.45, 7) is 0.628. The van der Waals surface area contributed by atoms with Crippen LogP contribution in [0.3, 0.4) is 0 Å². The molecule has 2 aromatic rings. The molecule has 2 heterocycles. The molecule has 0 bridgehead atoms. The van der Waals surface area contributed by atoms with Crippen LogP contribution in [0.1, 0.15) is 36.3 Å². The molecular weight excluding hydrogens is 357 g/mol. The summed E-state index contributed by atoms with van der Waals surface area (Å²) >= 11 is 5.82. The van der Waals surface area contributed by atoms with Crippen LogP contribution in [0.2, 0.25) is 5.28 Å². The molecule has 1 aliphatic rings. The number of pyridine rings is 1. The van der Waals surface area contributed by atoms with Crippen LogP contribution in [0.4, 0.5) is 19.0 Å². The van der Waals surface area contributed by atoms with Crippen molar-refractivity contribution in [2.45, 2.75) is 37.9 Å². The fraction of sp³-hybridized carbons (Fsp3) is 0.438. The predicted molar refractivity (Wildman–Crippen MR) is 87.8 cm³/mol. The van der Waals surface area contributed by atoms with Crippen molar-refractivity contribution >= 4 is 17.4 Å². The second-order valence-electron chi connectivity index (χ2n) is 5.92. The van der Waals surface area contributed by atoms with Gasteiger partial charge >= 0.3 is 6.18 Å². The Balaban J connectivity index is 1.61. The second-order valence-corrected chi connectivity index (χ2v) is 6.25. The molecule has 1 N–H and O–H groups in total. The van der Waals surface area contributed by atoms with Gasteiger partial charge in [0, 0.05) is 31.0 Å². The molecule has 0 spiro atoms.